The van der Waals surface area contributed by atoms with Gasteiger partial charge in [-0.25, -0.2) is 0 Å². The third kappa shape index (κ3) is 2.53. The van der Waals surface area contributed by atoms with Crippen LogP contribution in [0.25, 0.3) is 0 Å². The van der Waals surface area contributed by atoms with Crippen molar-refractivity contribution < 1.29 is 14.3 Å². The zero-order valence-corrected chi connectivity index (χ0v) is 16.2. The third-order valence-electron chi connectivity index (χ3n) is 6.58. The first kappa shape index (κ1) is 18.0. The summed E-state index contributed by atoms with van der Waals surface area (Å²) in [5.74, 6) is 2.20. The SMILES string of the molecule is C#CCOc1ccccc1[C@H]1[C@@H]2C(=O)N(C)C(=O)[C@@H]2[C@@H]2c3ccccc3CCN12. The summed E-state index contributed by atoms with van der Waals surface area (Å²) in [5, 5.41) is 0. The molecule has 0 aliphatic carbocycles. The lowest BCUT2D eigenvalue weighted by molar-refractivity contribution is -0.140. The van der Waals surface area contributed by atoms with Crippen LogP contribution >= 0.6 is 0 Å². The number of likely N-dealkylation sites (tertiary alicyclic amines) is 1. The van der Waals surface area contributed by atoms with Gasteiger partial charge in [0.15, 0.2) is 0 Å². The average molecular weight is 386 g/mol. The van der Waals surface area contributed by atoms with E-state index in [2.05, 4.69) is 23.0 Å². The number of para-hydroxylation sites is 1. The monoisotopic (exact) mass is 386 g/mol. The van der Waals surface area contributed by atoms with Gasteiger partial charge in [0, 0.05) is 25.2 Å². The van der Waals surface area contributed by atoms with Gasteiger partial charge < -0.3 is 4.74 Å². The number of terminal acetylenes is 1. The van der Waals surface area contributed by atoms with Gasteiger partial charge in [0.05, 0.1) is 17.9 Å². The Kier molecular flexibility index (Phi) is 4.18. The van der Waals surface area contributed by atoms with E-state index >= 15 is 0 Å². The first-order valence-corrected chi connectivity index (χ1v) is 9.93. The van der Waals surface area contributed by atoms with Gasteiger partial charge in [-0.1, -0.05) is 48.4 Å². The molecule has 29 heavy (non-hydrogen) atoms. The topological polar surface area (TPSA) is 49.9 Å². The quantitative estimate of drug-likeness (QED) is 0.601. The van der Waals surface area contributed by atoms with Crippen LogP contribution in [0.1, 0.15) is 28.8 Å². The average Bonchev–Trinajstić information content (AvgIpc) is 3.21. The molecule has 3 aliphatic heterocycles. The number of amides is 2. The molecule has 0 unspecified atom stereocenters. The molecule has 5 heteroatoms. The van der Waals surface area contributed by atoms with Gasteiger partial charge >= 0.3 is 0 Å². The first-order valence-electron chi connectivity index (χ1n) is 9.93. The van der Waals surface area contributed by atoms with E-state index in [1.807, 2.05) is 36.4 Å². The van der Waals surface area contributed by atoms with E-state index < -0.39 is 5.92 Å². The molecule has 2 aromatic carbocycles. The highest BCUT2D eigenvalue weighted by atomic mass is 16.5. The largest absolute Gasteiger partial charge is 0.481 e. The molecule has 0 spiro atoms. The fourth-order valence-corrected chi connectivity index (χ4v) is 5.41. The van der Waals surface area contributed by atoms with Gasteiger partial charge in [-0.15, -0.1) is 6.42 Å². The molecule has 3 heterocycles. The Morgan fingerprint density at radius 3 is 2.34 bits per heavy atom. The number of imide groups is 1. The molecule has 0 saturated carbocycles. The molecule has 0 aromatic heterocycles. The molecule has 0 bridgehead atoms. The van der Waals surface area contributed by atoms with Gasteiger partial charge in [-0.3, -0.25) is 19.4 Å². The summed E-state index contributed by atoms with van der Waals surface area (Å²) in [7, 11) is 1.60. The summed E-state index contributed by atoms with van der Waals surface area (Å²) in [4.78, 5) is 29.9. The molecule has 4 atom stereocenters. The lowest BCUT2D eigenvalue weighted by Crippen LogP contribution is -2.40. The lowest BCUT2D eigenvalue weighted by atomic mass is 9.83. The summed E-state index contributed by atoms with van der Waals surface area (Å²) >= 11 is 0. The minimum absolute atomic E-state index is 0.0868. The Balaban J connectivity index is 1.67. The predicted octanol–water partition coefficient (Wildman–Crippen LogP) is 2.58. The van der Waals surface area contributed by atoms with Crippen LogP contribution in [0.3, 0.4) is 0 Å². The van der Waals surface area contributed by atoms with Crippen molar-refractivity contribution in [1.82, 2.24) is 9.80 Å². The molecule has 5 rings (SSSR count). The molecule has 2 aromatic rings. The number of ether oxygens (including phenoxy) is 1. The van der Waals surface area contributed by atoms with Crippen molar-refractivity contribution in [2.75, 3.05) is 20.2 Å². The van der Waals surface area contributed by atoms with E-state index in [1.54, 1.807) is 7.05 Å². The van der Waals surface area contributed by atoms with E-state index in [1.165, 1.54) is 10.5 Å². The van der Waals surface area contributed by atoms with Crippen LogP contribution in [0.5, 0.6) is 5.75 Å². The second-order valence-electron chi connectivity index (χ2n) is 7.89. The molecule has 2 amide bonds. The fraction of sp³-hybridized carbons (Fsp3) is 0.333. The van der Waals surface area contributed by atoms with E-state index in [0.29, 0.717) is 5.75 Å². The third-order valence-corrected chi connectivity index (χ3v) is 6.58. The minimum Gasteiger partial charge on any atom is -0.481 e. The predicted molar refractivity (Wildman–Crippen MR) is 108 cm³/mol. The highest BCUT2D eigenvalue weighted by Gasteiger charge is 2.62. The Morgan fingerprint density at radius 1 is 1.00 bits per heavy atom. The molecule has 0 N–H and O–H groups in total. The summed E-state index contributed by atoms with van der Waals surface area (Å²) in [5.41, 5.74) is 3.35. The van der Waals surface area contributed by atoms with Crippen LogP contribution in [-0.2, 0) is 16.0 Å². The number of rotatable bonds is 3. The Morgan fingerprint density at radius 2 is 1.62 bits per heavy atom. The maximum atomic E-state index is 13.2. The van der Waals surface area contributed by atoms with Crippen LogP contribution in [0.4, 0.5) is 0 Å². The minimum atomic E-state index is -0.417. The molecule has 0 radical (unpaired) electrons. The molecule has 5 nitrogen and oxygen atoms in total. The second kappa shape index (κ2) is 6.75. The summed E-state index contributed by atoms with van der Waals surface area (Å²) < 4.78 is 5.81. The fourth-order valence-electron chi connectivity index (χ4n) is 5.41. The lowest BCUT2D eigenvalue weighted by Gasteiger charge is -2.38. The van der Waals surface area contributed by atoms with Crippen molar-refractivity contribution >= 4 is 11.8 Å². The smallest absolute Gasteiger partial charge is 0.234 e. The van der Waals surface area contributed by atoms with Crippen molar-refractivity contribution in [2.45, 2.75) is 18.5 Å². The number of nitrogens with zero attached hydrogens (tertiary/aromatic N) is 2. The molecular formula is C24H22N2O3. The number of fused-ring (bicyclic) bond motifs is 5. The summed E-state index contributed by atoms with van der Waals surface area (Å²) in [6, 6.07) is 15.7. The Hall–Kier alpha value is -3.10. The van der Waals surface area contributed by atoms with Crippen LogP contribution < -0.4 is 4.74 Å². The van der Waals surface area contributed by atoms with E-state index in [9.17, 15) is 9.59 Å². The first-order chi connectivity index (χ1) is 14.1. The van der Waals surface area contributed by atoms with Crippen LogP contribution in [-0.4, -0.2) is 41.8 Å². The molecule has 2 fully saturated rings. The standard InChI is InChI=1S/C24H22N2O3/c1-3-14-29-18-11-7-6-10-17(18)22-20-19(23(27)25(2)24(20)28)21-16-9-5-4-8-15(16)12-13-26(21)22/h1,4-11,19-22H,12-14H2,2H3/t19-,20+,21-,22-/m0/s1. The molecular weight excluding hydrogens is 364 g/mol. The van der Waals surface area contributed by atoms with E-state index in [0.717, 1.165) is 24.1 Å². The van der Waals surface area contributed by atoms with Crippen LogP contribution in [0.15, 0.2) is 48.5 Å². The van der Waals surface area contributed by atoms with Crippen molar-refractivity contribution in [3.05, 3.63) is 65.2 Å². The Bertz CT molecular complexity index is 1040. The normalized spacial score (nSPS) is 27.9. The van der Waals surface area contributed by atoms with Gasteiger partial charge in [0.1, 0.15) is 12.4 Å². The number of carbonyl (C=O) groups excluding carboxylic acids is 2. The Labute approximate surface area is 170 Å². The summed E-state index contributed by atoms with van der Waals surface area (Å²) in [6.45, 7) is 0.962. The summed E-state index contributed by atoms with van der Waals surface area (Å²) in [6.07, 6.45) is 6.29. The van der Waals surface area contributed by atoms with Crippen molar-refractivity contribution in [2.24, 2.45) is 11.8 Å². The van der Waals surface area contributed by atoms with Crippen molar-refractivity contribution in [3.63, 3.8) is 0 Å². The molecule has 2 saturated heterocycles. The van der Waals surface area contributed by atoms with E-state index in [-0.39, 0.29) is 36.4 Å². The number of carbonyl (C=O) groups is 2. The highest BCUT2D eigenvalue weighted by molar-refractivity contribution is 6.06. The zero-order valence-electron chi connectivity index (χ0n) is 16.2. The maximum absolute atomic E-state index is 13.2. The highest BCUT2D eigenvalue weighted by Crippen LogP contribution is 2.58. The van der Waals surface area contributed by atoms with Gasteiger partial charge in [0.25, 0.3) is 0 Å². The number of hydrogen-bond donors (Lipinski definition) is 0. The van der Waals surface area contributed by atoms with E-state index in [4.69, 9.17) is 11.2 Å². The zero-order chi connectivity index (χ0) is 20.1. The van der Waals surface area contributed by atoms with Crippen LogP contribution in [0.2, 0.25) is 0 Å². The number of hydrogen-bond acceptors (Lipinski definition) is 4. The van der Waals surface area contributed by atoms with Crippen molar-refractivity contribution in [1.29, 1.82) is 0 Å². The number of benzene rings is 2. The van der Waals surface area contributed by atoms with Gasteiger partial charge in [-0.05, 0) is 23.6 Å². The van der Waals surface area contributed by atoms with Gasteiger partial charge in [-0.2, -0.15) is 0 Å². The van der Waals surface area contributed by atoms with Crippen molar-refractivity contribution in [3.8, 4) is 18.1 Å². The second-order valence-corrected chi connectivity index (χ2v) is 7.89. The van der Waals surface area contributed by atoms with Crippen LogP contribution in [0, 0.1) is 24.2 Å². The molecule has 146 valence electrons. The van der Waals surface area contributed by atoms with Gasteiger partial charge in [0.2, 0.25) is 11.8 Å². The maximum Gasteiger partial charge on any atom is 0.234 e. The molecule has 3 aliphatic rings.